The maximum Gasteiger partial charge on any atom is 0.261 e. The number of methoxy groups -OCH3 is 1. The summed E-state index contributed by atoms with van der Waals surface area (Å²) < 4.78 is 10.8. The van der Waals surface area contributed by atoms with Gasteiger partial charge in [0.2, 0.25) is 5.91 Å². The van der Waals surface area contributed by atoms with Gasteiger partial charge in [-0.3, -0.25) is 9.59 Å². The highest BCUT2D eigenvalue weighted by Crippen LogP contribution is 2.17. The van der Waals surface area contributed by atoms with Crippen molar-refractivity contribution in [3.05, 3.63) is 60.2 Å². The average Bonchev–Trinajstić information content (AvgIpc) is 2.77. The summed E-state index contributed by atoms with van der Waals surface area (Å²) in [5.41, 5.74) is 1.11. The Kier molecular flexibility index (Phi) is 9.02. The van der Waals surface area contributed by atoms with Crippen LogP contribution in [0.1, 0.15) is 25.8 Å². The summed E-state index contributed by atoms with van der Waals surface area (Å²) in [7, 11) is 1.59. The summed E-state index contributed by atoms with van der Waals surface area (Å²) in [5, 5.41) is 2.86. The predicted molar refractivity (Wildman–Crippen MR) is 113 cm³/mol. The summed E-state index contributed by atoms with van der Waals surface area (Å²) in [6.45, 7) is 4.64. The van der Waals surface area contributed by atoms with E-state index in [1.807, 2.05) is 37.3 Å². The van der Waals surface area contributed by atoms with Crippen LogP contribution in [0.15, 0.2) is 54.6 Å². The van der Waals surface area contributed by atoms with Gasteiger partial charge in [0.15, 0.2) is 6.61 Å². The number of rotatable bonds is 11. The number of ether oxygens (including phenoxy) is 2. The number of nitrogens with one attached hydrogen (secondary N) is 1. The van der Waals surface area contributed by atoms with Crippen molar-refractivity contribution in [2.45, 2.75) is 32.7 Å². The van der Waals surface area contributed by atoms with Gasteiger partial charge < -0.3 is 19.7 Å². The molecule has 2 rings (SSSR count). The Bertz CT molecular complexity index is 762. The lowest BCUT2D eigenvalue weighted by Gasteiger charge is -2.28. The minimum absolute atomic E-state index is 0.132. The van der Waals surface area contributed by atoms with Crippen molar-refractivity contribution >= 4 is 11.8 Å². The molecule has 0 fully saturated rings. The molecule has 0 aliphatic carbocycles. The van der Waals surface area contributed by atoms with Gasteiger partial charge in [-0.1, -0.05) is 37.3 Å². The van der Waals surface area contributed by atoms with Gasteiger partial charge in [0.25, 0.3) is 5.91 Å². The van der Waals surface area contributed by atoms with E-state index >= 15 is 0 Å². The summed E-state index contributed by atoms with van der Waals surface area (Å²) in [6.07, 6.45) is 1.51. The van der Waals surface area contributed by atoms with Crippen LogP contribution >= 0.6 is 0 Å². The zero-order valence-electron chi connectivity index (χ0n) is 17.4. The lowest BCUT2D eigenvalue weighted by Crippen LogP contribution is -2.50. The molecule has 2 amide bonds. The smallest absolute Gasteiger partial charge is 0.261 e. The van der Waals surface area contributed by atoms with Crippen molar-refractivity contribution in [3.8, 4) is 11.5 Å². The Hall–Kier alpha value is -3.02. The fraction of sp³-hybridized carbons (Fsp3) is 0.391. The van der Waals surface area contributed by atoms with Gasteiger partial charge in [-0.05, 0) is 49.6 Å². The van der Waals surface area contributed by atoms with Crippen LogP contribution in [0.4, 0.5) is 0 Å². The quantitative estimate of drug-likeness (QED) is 0.632. The van der Waals surface area contributed by atoms with Crippen LogP contribution in [0.5, 0.6) is 11.5 Å². The predicted octanol–water partition coefficient (Wildman–Crippen LogP) is 3.06. The zero-order chi connectivity index (χ0) is 21.1. The van der Waals surface area contributed by atoms with Gasteiger partial charge in [0.1, 0.15) is 17.5 Å². The van der Waals surface area contributed by atoms with Crippen molar-refractivity contribution in [1.82, 2.24) is 10.2 Å². The maximum atomic E-state index is 12.9. The number of carbonyl (C=O) groups is 2. The first-order valence-electron chi connectivity index (χ1n) is 9.93. The van der Waals surface area contributed by atoms with Crippen molar-refractivity contribution in [2.75, 3.05) is 26.8 Å². The number of hydrogen-bond donors (Lipinski definition) is 1. The normalized spacial score (nSPS) is 11.4. The molecular weight excluding hydrogens is 368 g/mol. The van der Waals surface area contributed by atoms with E-state index in [1.54, 1.807) is 43.2 Å². The Balaban J connectivity index is 2.02. The molecule has 156 valence electrons. The van der Waals surface area contributed by atoms with Crippen molar-refractivity contribution < 1.29 is 19.1 Å². The molecule has 6 heteroatoms. The highest BCUT2D eigenvalue weighted by atomic mass is 16.5. The van der Waals surface area contributed by atoms with E-state index in [1.165, 1.54) is 0 Å². The first-order chi connectivity index (χ1) is 14.0. The largest absolute Gasteiger partial charge is 0.497 e. The first kappa shape index (κ1) is 22.3. The minimum Gasteiger partial charge on any atom is -0.497 e. The van der Waals surface area contributed by atoms with Crippen LogP contribution in [0, 0.1) is 0 Å². The van der Waals surface area contributed by atoms with Crippen LogP contribution in [-0.2, 0) is 16.0 Å². The van der Waals surface area contributed by atoms with Crippen LogP contribution in [-0.4, -0.2) is 49.6 Å². The Labute approximate surface area is 172 Å². The fourth-order valence-corrected chi connectivity index (χ4v) is 2.87. The molecule has 0 saturated carbocycles. The zero-order valence-corrected chi connectivity index (χ0v) is 17.4. The fourth-order valence-electron chi connectivity index (χ4n) is 2.87. The van der Waals surface area contributed by atoms with E-state index in [0.717, 1.165) is 17.7 Å². The molecular formula is C23H30N2O4. The Morgan fingerprint density at radius 1 is 1.03 bits per heavy atom. The van der Waals surface area contributed by atoms with Crippen molar-refractivity contribution in [2.24, 2.45) is 0 Å². The van der Waals surface area contributed by atoms with Crippen LogP contribution in [0.2, 0.25) is 0 Å². The molecule has 1 atom stereocenters. The summed E-state index contributed by atoms with van der Waals surface area (Å²) in [6, 6.07) is 16.4. The van der Waals surface area contributed by atoms with Crippen LogP contribution in [0.3, 0.4) is 0 Å². The summed E-state index contributed by atoms with van der Waals surface area (Å²) in [4.78, 5) is 26.9. The molecule has 0 heterocycles. The van der Waals surface area contributed by atoms with Gasteiger partial charge in [0.05, 0.1) is 7.11 Å². The lowest BCUT2D eigenvalue weighted by molar-refractivity contribution is -0.141. The molecule has 0 aliphatic rings. The number of amides is 2. The lowest BCUT2D eigenvalue weighted by atomic mass is 10.1. The van der Waals surface area contributed by atoms with Gasteiger partial charge in [-0.25, -0.2) is 0 Å². The SMILES string of the molecule is CCCNC(=O)[C@@H](C)N(CCc1ccccc1)C(=O)COc1ccc(OC)cc1. The summed E-state index contributed by atoms with van der Waals surface area (Å²) >= 11 is 0. The highest BCUT2D eigenvalue weighted by Gasteiger charge is 2.25. The minimum atomic E-state index is -0.572. The van der Waals surface area contributed by atoms with E-state index in [-0.39, 0.29) is 18.4 Å². The third-order valence-electron chi connectivity index (χ3n) is 4.62. The highest BCUT2D eigenvalue weighted by molar-refractivity contribution is 5.87. The van der Waals surface area contributed by atoms with Gasteiger partial charge in [-0.2, -0.15) is 0 Å². The molecule has 2 aromatic carbocycles. The van der Waals surface area contributed by atoms with Gasteiger partial charge >= 0.3 is 0 Å². The van der Waals surface area contributed by atoms with Gasteiger partial charge in [-0.15, -0.1) is 0 Å². The molecule has 0 aromatic heterocycles. The molecule has 1 N–H and O–H groups in total. The number of hydrogen-bond acceptors (Lipinski definition) is 4. The molecule has 6 nitrogen and oxygen atoms in total. The van der Waals surface area contributed by atoms with Gasteiger partial charge in [0, 0.05) is 13.1 Å². The van der Waals surface area contributed by atoms with Crippen molar-refractivity contribution in [3.63, 3.8) is 0 Å². The molecule has 29 heavy (non-hydrogen) atoms. The Morgan fingerprint density at radius 2 is 1.69 bits per heavy atom. The second kappa shape index (κ2) is 11.7. The van der Waals surface area contributed by atoms with E-state index < -0.39 is 6.04 Å². The van der Waals surface area contributed by atoms with Crippen LogP contribution in [0.25, 0.3) is 0 Å². The number of nitrogens with zero attached hydrogens (tertiary/aromatic N) is 1. The topological polar surface area (TPSA) is 67.9 Å². The third kappa shape index (κ3) is 7.14. The van der Waals surface area contributed by atoms with E-state index in [4.69, 9.17) is 9.47 Å². The third-order valence-corrected chi connectivity index (χ3v) is 4.62. The Morgan fingerprint density at radius 3 is 2.31 bits per heavy atom. The van der Waals surface area contributed by atoms with Crippen LogP contribution < -0.4 is 14.8 Å². The first-order valence-corrected chi connectivity index (χ1v) is 9.93. The van der Waals surface area contributed by atoms with Crippen molar-refractivity contribution in [1.29, 1.82) is 0 Å². The summed E-state index contributed by atoms with van der Waals surface area (Å²) in [5.74, 6) is 0.910. The molecule has 0 spiro atoms. The molecule has 0 radical (unpaired) electrons. The second-order valence-electron chi connectivity index (χ2n) is 6.75. The molecule has 0 bridgehead atoms. The monoisotopic (exact) mass is 398 g/mol. The molecule has 0 aliphatic heterocycles. The number of benzene rings is 2. The average molecular weight is 399 g/mol. The van der Waals surface area contributed by atoms with E-state index in [0.29, 0.717) is 25.3 Å². The molecule has 0 saturated heterocycles. The van der Waals surface area contributed by atoms with E-state index in [9.17, 15) is 9.59 Å². The molecule has 0 unspecified atom stereocenters. The standard InChI is InChI=1S/C23H30N2O4/c1-4-15-24-23(27)18(2)25(16-14-19-8-6-5-7-9-19)22(26)17-29-21-12-10-20(28-3)11-13-21/h5-13,18H,4,14-17H2,1-3H3,(H,24,27)/t18-/m1/s1. The molecule has 2 aromatic rings. The maximum absolute atomic E-state index is 12.9. The number of carbonyl (C=O) groups excluding carboxylic acids is 2. The van der Waals surface area contributed by atoms with E-state index in [2.05, 4.69) is 5.32 Å². The second-order valence-corrected chi connectivity index (χ2v) is 6.75.